The molecule has 2 aromatic rings. The fourth-order valence-electron chi connectivity index (χ4n) is 2.68. The molecule has 3 rings (SSSR count). The maximum absolute atomic E-state index is 12.3. The van der Waals surface area contributed by atoms with Crippen LogP contribution in [0.25, 0.3) is 17.2 Å². The molecule has 1 aromatic carbocycles. The zero-order chi connectivity index (χ0) is 21.9. The summed E-state index contributed by atoms with van der Waals surface area (Å²) >= 11 is 0. The summed E-state index contributed by atoms with van der Waals surface area (Å²) in [4.78, 5) is 25.2. The van der Waals surface area contributed by atoms with Crippen LogP contribution in [0.5, 0.6) is 0 Å². The number of aliphatic imine (C=N–C) groups is 1. The van der Waals surface area contributed by atoms with E-state index in [0.717, 1.165) is 28.8 Å². The molecule has 0 spiro atoms. The van der Waals surface area contributed by atoms with Crippen LogP contribution in [-0.4, -0.2) is 51.7 Å². The standard InChI is InChI=1S/C19H22N6O.C2H6O2/c1-2-5-22-19(26)14-6-13-4-3-12(7-16(13)25-17(21)8-14)15-10-23-18(9-20)24-11-15;3-1-2-4/h3-4,6-7,10-11H,2,5,8-9,20H2,1H3,(H2,21,25)(H,22,26);3-4H,1-2H2. The molecule has 0 bridgehead atoms. The Labute approximate surface area is 175 Å². The van der Waals surface area contributed by atoms with Crippen LogP contribution in [0.1, 0.15) is 31.2 Å². The van der Waals surface area contributed by atoms with E-state index in [4.69, 9.17) is 21.7 Å². The van der Waals surface area contributed by atoms with Gasteiger partial charge in [-0.25, -0.2) is 15.0 Å². The van der Waals surface area contributed by atoms with Gasteiger partial charge in [0.25, 0.3) is 0 Å². The van der Waals surface area contributed by atoms with E-state index in [0.29, 0.717) is 36.7 Å². The predicted molar refractivity (Wildman–Crippen MR) is 117 cm³/mol. The zero-order valence-corrected chi connectivity index (χ0v) is 17.0. The molecule has 160 valence electrons. The fourth-order valence-corrected chi connectivity index (χ4v) is 2.68. The molecule has 1 amide bonds. The summed E-state index contributed by atoms with van der Waals surface area (Å²) in [5.41, 5.74) is 15.5. The fraction of sp³-hybridized carbons (Fsp3) is 0.333. The molecule has 9 heteroatoms. The van der Waals surface area contributed by atoms with Crippen molar-refractivity contribution in [3.8, 4) is 11.1 Å². The average molecular weight is 412 g/mol. The Kier molecular flexibility index (Phi) is 9.07. The highest BCUT2D eigenvalue weighted by atomic mass is 16.3. The van der Waals surface area contributed by atoms with E-state index in [1.165, 1.54) is 0 Å². The number of carbonyl (C=O) groups excluding carboxylic acids is 1. The van der Waals surface area contributed by atoms with Gasteiger partial charge < -0.3 is 27.0 Å². The van der Waals surface area contributed by atoms with Gasteiger partial charge in [0.2, 0.25) is 5.91 Å². The zero-order valence-electron chi connectivity index (χ0n) is 17.0. The van der Waals surface area contributed by atoms with E-state index in [1.54, 1.807) is 12.4 Å². The van der Waals surface area contributed by atoms with Crippen LogP contribution in [0.15, 0.2) is 41.2 Å². The maximum Gasteiger partial charge on any atom is 0.247 e. The van der Waals surface area contributed by atoms with Gasteiger partial charge in [0.15, 0.2) is 0 Å². The summed E-state index contributed by atoms with van der Waals surface area (Å²) in [7, 11) is 0. The Bertz CT molecular complexity index is 907. The van der Waals surface area contributed by atoms with E-state index >= 15 is 0 Å². The second kappa shape index (κ2) is 11.8. The lowest BCUT2D eigenvalue weighted by atomic mass is 10.0. The van der Waals surface area contributed by atoms with Gasteiger partial charge in [-0.05, 0) is 24.1 Å². The lowest BCUT2D eigenvalue weighted by Crippen LogP contribution is -2.27. The Morgan fingerprint density at radius 1 is 1.17 bits per heavy atom. The van der Waals surface area contributed by atoms with Gasteiger partial charge >= 0.3 is 0 Å². The number of hydrogen-bond donors (Lipinski definition) is 5. The third-order valence-electron chi connectivity index (χ3n) is 4.14. The lowest BCUT2D eigenvalue weighted by Gasteiger charge is -2.07. The van der Waals surface area contributed by atoms with E-state index in [-0.39, 0.29) is 19.1 Å². The largest absolute Gasteiger partial charge is 0.394 e. The first kappa shape index (κ1) is 23.1. The summed E-state index contributed by atoms with van der Waals surface area (Å²) in [5.74, 6) is 0.901. The minimum Gasteiger partial charge on any atom is -0.394 e. The molecular weight excluding hydrogens is 384 g/mol. The summed E-state index contributed by atoms with van der Waals surface area (Å²) in [5, 5.41) is 18.1. The van der Waals surface area contributed by atoms with E-state index in [9.17, 15) is 4.79 Å². The lowest BCUT2D eigenvalue weighted by molar-refractivity contribution is -0.117. The van der Waals surface area contributed by atoms with E-state index < -0.39 is 0 Å². The van der Waals surface area contributed by atoms with Crippen LogP contribution in [0.4, 0.5) is 5.69 Å². The van der Waals surface area contributed by atoms with Crippen molar-refractivity contribution in [2.45, 2.75) is 26.3 Å². The summed E-state index contributed by atoms with van der Waals surface area (Å²) in [6.07, 6.45) is 6.53. The summed E-state index contributed by atoms with van der Waals surface area (Å²) in [6, 6.07) is 5.80. The van der Waals surface area contributed by atoms with Gasteiger partial charge in [0.1, 0.15) is 11.7 Å². The number of rotatable bonds is 6. The van der Waals surface area contributed by atoms with E-state index in [1.807, 2.05) is 31.2 Å². The smallest absolute Gasteiger partial charge is 0.247 e. The normalized spacial score (nSPS) is 12.5. The molecule has 0 aliphatic carbocycles. The molecule has 0 fully saturated rings. The topological polar surface area (TPSA) is 160 Å². The molecule has 0 atom stereocenters. The van der Waals surface area contributed by atoms with Crippen LogP contribution in [0.3, 0.4) is 0 Å². The Balaban J connectivity index is 0.000000735. The van der Waals surface area contributed by atoms with Crippen molar-refractivity contribution >= 4 is 23.5 Å². The Morgan fingerprint density at radius 3 is 2.47 bits per heavy atom. The van der Waals surface area contributed by atoms with Crippen LogP contribution in [0, 0.1) is 0 Å². The molecule has 1 aliphatic heterocycles. The first-order valence-electron chi connectivity index (χ1n) is 9.71. The van der Waals surface area contributed by atoms with Crippen molar-refractivity contribution < 1.29 is 15.0 Å². The number of amides is 1. The molecule has 2 heterocycles. The molecule has 0 saturated heterocycles. The molecular formula is C21H28N6O3. The number of nitrogens with one attached hydrogen (secondary N) is 1. The number of nitrogens with zero attached hydrogens (tertiary/aromatic N) is 3. The SMILES string of the molecule is CCCNC(=O)C1=Cc2ccc(-c3cnc(CN)nc3)cc2N=C(N)C1.OCCO. The third-order valence-corrected chi connectivity index (χ3v) is 4.14. The minimum atomic E-state index is -0.125. The summed E-state index contributed by atoms with van der Waals surface area (Å²) < 4.78 is 0. The molecule has 1 aromatic heterocycles. The molecule has 0 unspecified atom stereocenters. The van der Waals surface area contributed by atoms with Crippen molar-refractivity contribution in [1.82, 2.24) is 15.3 Å². The number of aromatic nitrogens is 2. The molecule has 30 heavy (non-hydrogen) atoms. The number of carbonyl (C=O) groups is 1. The van der Waals surface area contributed by atoms with Gasteiger partial charge in [-0.3, -0.25) is 4.79 Å². The quantitative estimate of drug-likeness (QED) is 0.470. The number of nitrogens with two attached hydrogens (primary N) is 2. The second-order valence-electron chi connectivity index (χ2n) is 6.52. The van der Waals surface area contributed by atoms with Crippen molar-refractivity contribution in [2.24, 2.45) is 16.5 Å². The van der Waals surface area contributed by atoms with Crippen LogP contribution < -0.4 is 16.8 Å². The van der Waals surface area contributed by atoms with Gasteiger partial charge in [-0.2, -0.15) is 0 Å². The van der Waals surface area contributed by atoms with Gasteiger partial charge in [0.05, 0.1) is 25.4 Å². The molecule has 0 radical (unpaired) electrons. The van der Waals surface area contributed by atoms with Crippen molar-refractivity contribution in [2.75, 3.05) is 19.8 Å². The van der Waals surface area contributed by atoms with Crippen LogP contribution in [-0.2, 0) is 11.3 Å². The van der Waals surface area contributed by atoms with Crippen LogP contribution >= 0.6 is 0 Å². The highest BCUT2D eigenvalue weighted by molar-refractivity contribution is 6.05. The highest BCUT2D eigenvalue weighted by Gasteiger charge is 2.16. The number of hydrogen-bond acceptors (Lipinski definition) is 8. The van der Waals surface area contributed by atoms with E-state index in [2.05, 4.69) is 20.3 Å². The molecule has 1 aliphatic rings. The van der Waals surface area contributed by atoms with Crippen molar-refractivity contribution in [1.29, 1.82) is 0 Å². The van der Waals surface area contributed by atoms with Crippen molar-refractivity contribution in [3.05, 3.63) is 47.6 Å². The van der Waals surface area contributed by atoms with Gasteiger partial charge in [0, 0.05) is 42.1 Å². The highest BCUT2D eigenvalue weighted by Crippen LogP contribution is 2.31. The number of fused-ring (bicyclic) bond motifs is 1. The predicted octanol–water partition coefficient (Wildman–Crippen LogP) is 0.875. The van der Waals surface area contributed by atoms with Crippen LogP contribution in [0.2, 0.25) is 0 Å². The minimum absolute atomic E-state index is 0.104. The number of amidine groups is 1. The maximum atomic E-state index is 12.3. The van der Waals surface area contributed by atoms with Gasteiger partial charge in [-0.15, -0.1) is 0 Å². The van der Waals surface area contributed by atoms with Crippen molar-refractivity contribution in [3.63, 3.8) is 0 Å². The molecule has 7 N–H and O–H groups in total. The average Bonchev–Trinajstić information content (AvgIpc) is 2.95. The number of aliphatic hydroxyl groups excluding tert-OH is 2. The number of aliphatic hydroxyl groups is 2. The third kappa shape index (κ3) is 6.45. The second-order valence-corrected chi connectivity index (χ2v) is 6.52. The molecule has 9 nitrogen and oxygen atoms in total. The Hall–Kier alpha value is -3.14. The molecule has 0 saturated carbocycles. The monoisotopic (exact) mass is 412 g/mol. The first-order chi connectivity index (χ1) is 14.5. The summed E-state index contributed by atoms with van der Waals surface area (Å²) in [6.45, 7) is 2.70. The first-order valence-corrected chi connectivity index (χ1v) is 9.71. The Morgan fingerprint density at radius 2 is 1.87 bits per heavy atom. The van der Waals surface area contributed by atoms with Gasteiger partial charge in [-0.1, -0.05) is 19.1 Å². The number of benzene rings is 1.